The second-order valence-electron chi connectivity index (χ2n) is 6.62. The summed E-state index contributed by atoms with van der Waals surface area (Å²) in [6.45, 7) is 3.77. The summed E-state index contributed by atoms with van der Waals surface area (Å²) in [4.78, 5) is 29.0. The van der Waals surface area contributed by atoms with Crippen LogP contribution in [0.2, 0.25) is 0 Å². The molecule has 8 heteroatoms. The second-order valence-corrected chi connectivity index (χ2v) is 8.34. The van der Waals surface area contributed by atoms with Crippen molar-refractivity contribution in [2.24, 2.45) is 5.73 Å². The molecule has 1 heterocycles. The lowest BCUT2D eigenvalue weighted by atomic mass is 10.1. The normalized spacial score (nSPS) is 11.4. The number of hydrogen-bond acceptors (Lipinski definition) is 5. The van der Waals surface area contributed by atoms with E-state index in [1.54, 1.807) is 29.2 Å². The van der Waals surface area contributed by atoms with Gasteiger partial charge in [0, 0.05) is 17.3 Å². The van der Waals surface area contributed by atoms with E-state index in [1.165, 1.54) is 17.4 Å². The molecule has 0 fully saturated rings. The second kappa shape index (κ2) is 8.39. The smallest absolute Gasteiger partial charge is 0.269 e. The number of nitrogens with two attached hydrogens (primary N) is 1. The van der Waals surface area contributed by atoms with E-state index >= 15 is 0 Å². The van der Waals surface area contributed by atoms with Gasteiger partial charge in [0.25, 0.3) is 5.91 Å². The molecule has 6 nitrogen and oxygen atoms in total. The maximum atomic E-state index is 13.2. The molecule has 3 N–H and O–H groups in total. The number of amides is 2. The molecule has 146 valence electrons. The van der Waals surface area contributed by atoms with Gasteiger partial charge in [-0.2, -0.15) is 5.26 Å². The van der Waals surface area contributed by atoms with Crippen molar-refractivity contribution in [1.29, 1.82) is 5.26 Å². The van der Waals surface area contributed by atoms with E-state index in [9.17, 15) is 14.9 Å². The lowest BCUT2D eigenvalue weighted by molar-refractivity contribution is -0.115. The van der Waals surface area contributed by atoms with Gasteiger partial charge < -0.3 is 15.6 Å². The minimum absolute atomic E-state index is 0.00711. The molecule has 3 aromatic rings. The highest BCUT2D eigenvalue weighted by Crippen LogP contribution is 2.28. The van der Waals surface area contributed by atoms with E-state index in [-0.39, 0.29) is 11.6 Å². The molecule has 0 spiro atoms. The zero-order chi connectivity index (χ0) is 21.1. The van der Waals surface area contributed by atoms with Crippen LogP contribution in [0.1, 0.15) is 29.8 Å². The number of fused-ring (bicyclic) bond motifs is 1. The van der Waals surface area contributed by atoms with E-state index in [2.05, 4.69) is 4.98 Å². The maximum Gasteiger partial charge on any atom is 0.269 e. The summed E-state index contributed by atoms with van der Waals surface area (Å²) in [7, 11) is 0. The van der Waals surface area contributed by atoms with E-state index in [4.69, 9.17) is 18.0 Å². The quantitative estimate of drug-likeness (QED) is 0.361. The minimum atomic E-state index is -0.536. The molecule has 2 aromatic carbocycles. The molecule has 0 aliphatic carbocycles. The van der Waals surface area contributed by atoms with Crippen LogP contribution in [0.5, 0.6) is 0 Å². The standard InChI is InChI=1S/C21H18N4O2S2/c1-12(2)25(16-7-8-17-18(10-16)29-21(28)24-17)20(27)15(11-22)9-13-3-5-14(6-4-13)19(23)26/h3-10,12H,1-2H3,(H2,23,26)(H,24,28). The molecule has 2 amide bonds. The van der Waals surface area contributed by atoms with Gasteiger partial charge in [0.15, 0.2) is 3.95 Å². The van der Waals surface area contributed by atoms with Crippen molar-refractivity contribution in [1.82, 2.24) is 4.98 Å². The van der Waals surface area contributed by atoms with Crippen LogP contribution in [0.15, 0.2) is 48.0 Å². The van der Waals surface area contributed by atoms with E-state index in [0.29, 0.717) is 20.8 Å². The number of primary amides is 1. The van der Waals surface area contributed by atoms with Crippen molar-refractivity contribution in [3.8, 4) is 6.07 Å². The Kier molecular flexibility index (Phi) is 5.92. The Hall–Kier alpha value is -3.28. The minimum Gasteiger partial charge on any atom is -0.366 e. The third kappa shape index (κ3) is 4.42. The van der Waals surface area contributed by atoms with Crippen molar-refractivity contribution in [2.75, 3.05) is 4.90 Å². The number of H-pyrrole nitrogens is 1. The van der Waals surface area contributed by atoms with Crippen molar-refractivity contribution >= 4 is 57.3 Å². The lowest BCUT2D eigenvalue weighted by Gasteiger charge is -2.26. The molecule has 0 unspecified atom stereocenters. The SMILES string of the molecule is CC(C)N(C(=O)C(C#N)=Cc1ccc(C(N)=O)cc1)c1ccc2[nH]c(=S)sc2c1. The summed E-state index contributed by atoms with van der Waals surface area (Å²) in [5.41, 5.74) is 7.82. The number of nitriles is 1. The summed E-state index contributed by atoms with van der Waals surface area (Å²) < 4.78 is 1.60. The Morgan fingerprint density at radius 2 is 1.93 bits per heavy atom. The average molecular weight is 423 g/mol. The van der Waals surface area contributed by atoms with Crippen molar-refractivity contribution in [2.45, 2.75) is 19.9 Å². The Bertz CT molecular complexity index is 1210. The van der Waals surface area contributed by atoms with E-state index in [0.717, 1.165) is 10.2 Å². The predicted molar refractivity (Wildman–Crippen MR) is 118 cm³/mol. The summed E-state index contributed by atoms with van der Waals surface area (Å²) in [6, 6.07) is 13.8. The third-order valence-corrected chi connectivity index (χ3v) is 5.47. The van der Waals surface area contributed by atoms with E-state index in [1.807, 2.05) is 38.1 Å². The van der Waals surface area contributed by atoms with Gasteiger partial charge in [-0.1, -0.05) is 12.1 Å². The number of nitrogens with zero attached hydrogens (tertiary/aromatic N) is 2. The van der Waals surface area contributed by atoms with Gasteiger partial charge in [-0.3, -0.25) is 9.59 Å². The average Bonchev–Trinajstić information content (AvgIpc) is 3.05. The van der Waals surface area contributed by atoms with Crippen LogP contribution in [-0.4, -0.2) is 22.8 Å². The van der Waals surface area contributed by atoms with Crippen LogP contribution in [-0.2, 0) is 4.79 Å². The number of nitrogens with one attached hydrogen (secondary N) is 1. The van der Waals surface area contributed by atoms with Gasteiger partial charge in [-0.05, 0) is 68.0 Å². The lowest BCUT2D eigenvalue weighted by Crippen LogP contribution is -2.37. The van der Waals surface area contributed by atoms with Crippen LogP contribution in [0, 0.1) is 15.3 Å². The fourth-order valence-corrected chi connectivity index (χ4v) is 4.06. The van der Waals surface area contributed by atoms with Crippen LogP contribution in [0.3, 0.4) is 0 Å². The highest BCUT2D eigenvalue weighted by molar-refractivity contribution is 7.73. The molecule has 3 rings (SSSR count). The van der Waals surface area contributed by atoms with Gasteiger partial charge in [0.2, 0.25) is 5.91 Å². The number of carbonyl (C=O) groups excluding carboxylic acids is 2. The highest BCUT2D eigenvalue weighted by Gasteiger charge is 2.23. The van der Waals surface area contributed by atoms with Crippen LogP contribution < -0.4 is 10.6 Å². The van der Waals surface area contributed by atoms with Crippen LogP contribution in [0.4, 0.5) is 5.69 Å². The van der Waals surface area contributed by atoms with Crippen LogP contribution >= 0.6 is 23.6 Å². The Balaban J connectivity index is 1.98. The van der Waals surface area contributed by atoms with Crippen molar-refractivity contribution in [3.63, 3.8) is 0 Å². The van der Waals surface area contributed by atoms with E-state index < -0.39 is 11.8 Å². The number of aromatic nitrogens is 1. The monoisotopic (exact) mass is 422 g/mol. The number of rotatable bonds is 5. The number of aromatic amines is 1. The molecule has 0 aliphatic rings. The number of thiazole rings is 1. The Labute approximate surface area is 176 Å². The molecule has 0 saturated heterocycles. The molecule has 0 radical (unpaired) electrons. The number of benzene rings is 2. The third-order valence-electron chi connectivity index (χ3n) is 4.28. The van der Waals surface area contributed by atoms with Crippen molar-refractivity contribution < 1.29 is 9.59 Å². The summed E-state index contributed by atoms with van der Waals surface area (Å²) in [5.74, 6) is -0.938. The summed E-state index contributed by atoms with van der Waals surface area (Å²) in [5, 5.41) is 9.60. The first-order valence-electron chi connectivity index (χ1n) is 8.78. The fourth-order valence-electron chi connectivity index (χ4n) is 2.92. The Morgan fingerprint density at radius 3 is 2.52 bits per heavy atom. The first kappa shape index (κ1) is 20.5. The summed E-state index contributed by atoms with van der Waals surface area (Å²) >= 11 is 6.62. The maximum absolute atomic E-state index is 13.2. The number of anilines is 1. The van der Waals surface area contributed by atoms with Gasteiger partial charge in [-0.25, -0.2) is 0 Å². The van der Waals surface area contributed by atoms with Gasteiger partial charge in [-0.15, -0.1) is 11.3 Å². The summed E-state index contributed by atoms with van der Waals surface area (Å²) in [6.07, 6.45) is 1.50. The molecule has 0 bridgehead atoms. The van der Waals surface area contributed by atoms with Gasteiger partial charge in [0.1, 0.15) is 11.6 Å². The van der Waals surface area contributed by atoms with Gasteiger partial charge in [0.05, 0.1) is 10.2 Å². The van der Waals surface area contributed by atoms with Gasteiger partial charge >= 0.3 is 0 Å². The zero-order valence-corrected chi connectivity index (χ0v) is 17.4. The van der Waals surface area contributed by atoms with Crippen molar-refractivity contribution in [3.05, 3.63) is 63.1 Å². The first-order chi connectivity index (χ1) is 13.8. The number of carbonyl (C=O) groups is 2. The molecular weight excluding hydrogens is 404 g/mol. The molecule has 0 aliphatic heterocycles. The largest absolute Gasteiger partial charge is 0.366 e. The topological polar surface area (TPSA) is 103 Å². The predicted octanol–water partition coefficient (Wildman–Crippen LogP) is 4.41. The number of hydrogen-bond donors (Lipinski definition) is 2. The molecule has 0 atom stereocenters. The first-order valence-corrected chi connectivity index (χ1v) is 10.0. The highest BCUT2D eigenvalue weighted by atomic mass is 32.1. The van der Waals surface area contributed by atoms with Crippen LogP contribution in [0.25, 0.3) is 16.3 Å². The molecule has 29 heavy (non-hydrogen) atoms. The Morgan fingerprint density at radius 1 is 1.24 bits per heavy atom. The zero-order valence-electron chi connectivity index (χ0n) is 15.8. The molecule has 0 saturated carbocycles. The molecule has 1 aromatic heterocycles. The fraction of sp³-hybridized carbons (Fsp3) is 0.143. The molecular formula is C21H18N4O2S2.